The first kappa shape index (κ1) is 14.9. The molecule has 0 aliphatic heterocycles. The highest BCUT2D eigenvalue weighted by Gasteiger charge is 2.11. The zero-order valence-corrected chi connectivity index (χ0v) is 11.0. The molecule has 4 nitrogen and oxygen atoms in total. The minimum atomic E-state index is -0.867. The second-order valence-electron chi connectivity index (χ2n) is 4.39. The summed E-state index contributed by atoms with van der Waals surface area (Å²) in [5.41, 5.74) is 0.522. The summed E-state index contributed by atoms with van der Waals surface area (Å²) in [6, 6.07) is 11.0. The lowest BCUT2D eigenvalue weighted by Gasteiger charge is -2.13. The number of anilines is 1. The smallest absolute Gasteiger partial charge is 0.319 e. The lowest BCUT2D eigenvalue weighted by Crippen LogP contribution is -2.32. The molecule has 2 rings (SSSR count). The van der Waals surface area contributed by atoms with Gasteiger partial charge in [0.2, 0.25) is 0 Å². The van der Waals surface area contributed by atoms with Crippen molar-refractivity contribution in [1.82, 2.24) is 5.32 Å². The van der Waals surface area contributed by atoms with E-state index in [1.165, 1.54) is 0 Å². The molecule has 0 fully saturated rings. The van der Waals surface area contributed by atoms with Gasteiger partial charge in [0.25, 0.3) is 0 Å². The van der Waals surface area contributed by atoms with Crippen molar-refractivity contribution < 1.29 is 18.7 Å². The summed E-state index contributed by atoms with van der Waals surface area (Å²) in [5.74, 6) is -1.59. The van der Waals surface area contributed by atoms with Gasteiger partial charge in [0, 0.05) is 12.6 Å². The van der Waals surface area contributed by atoms with E-state index in [0.717, 1.165) is 12.1 Å². The first-order chi connectivity index (χ1) is 10.1. The molecule has 110 valence electrons. The van der Waals surface area contributed by atoms with Crippen molar-refractivity contribution in [2.75, 3.05) is 11.9 Å². The number of urea groups is 1. The maximum atomic E-state index is 13.3. The van der Waals surface area contributed by atoms with Crippen LogP contribution in [0.5, 0.6) is 0 Å². The summed E-state index contributed by atoms with van der Waals surface area (Å²) in [7, 11) is 0. The van der Waals surface area contributed by atoms with Crippen LogP contribution in [0.25, 0.3) is 0 Å². The molecule has 0 saturated heterocycles. The van der Waals surface area contributed by atoms with Crippen molar-refractivity contribution in [3.63, 3.8) is 0 Å². The molecule has 0 spiro atoms. The predicted octanol–water partition coefficient (Wildman–Crippen LogP) is 2.82. The Morgan fingerprint density at radius 3 is 2.52 bits per heavy atom. The molecule has 0 heterocycles. The van der Waals surface area contributed by atoms with E-state index in [2.05, 4.69) is 10.6 Å². The summed E-state index contributed by atoms with van der Waals surface area (Å²) >= 11 is 0. The third-order valence-electron chi connectivity index (χ3n) is 2.82. The molecule has 0 aliphatic rings. The molecule has 2 aromatic rings. The van der Waals surface area contributed by atoms with Gasteiger partial charge < -0.3 is 15.7 Å². The fraction of sp³-hybridized carbons (Fsp3) is 0.133. The molecular weight excluding hydrogens is 278 g/mol. The first-order valence-corrected chi connectivity index (χ1v) is 6.29. The number of aliphatic hydroxyl groups is 1. The monoisotopic (exact) mass is 292 g/mol. The number of nitrogens with one attached hydrogen (secondary N) is 2. The highest BCUT2D eigenvalue weighted by Crippen LogP contribution is 2.15. The second-order valence-corrected chi connectivity index (χ2v) is 4.39. The van der Waals surface area contributed by atoms with E-state index in [1.807, 2.05) is 6.07 Å². The van der Waals surface area contributed by atoms with E-state index < -0.39 is 23.8 Å². The fourth-order valence-corrected chi connectivity index (χ4v) is 1.74. The number of hydrogen-bond donors (Lipinski definition) is 3. The summed E-state index contributed by atoms with van der Waals surface area (Å²) in [5, 5.41) is 14.5. The van der Waals surface area contributed by atoms with Crippen LogP contribution in [0.15, 0.2) is 48.5 Å². The summed E-state index contributed by atoms with van der Waals surface area (Å²) in [6.45, 7) is -0.0291. The van der Waals surface area contributed by atoms with Crippen LogP contribution < -0.4 is 10.6 Å². The summed E-state index contributed by atoms with van der Waals surface area (Å²) < 4.78 is 26.1. The van der Waals surface area contributed by atoms with Crippen LogP contribution in [0, 0.1) is 11.6 Å². The molecule has 2 amide bonds. The van der Waals surface area contributed by atoms with Crippen molar-refractivity contribution in [3.8, 4) is 0 Å². The number of hydrogen-bond acceptors (Lipinski definition) is 2. The molecule has 1 unspecified atom stereocenters. The van der Waals surface area contributed by atoms with Crippen LogP contribution in [0.1, 0.15) is 11.7 Å². The van der Waals surface area contributed by atoms with E-state index in [-0.39, 0.29) is 12.2 Å². The SMILES string of the molecule is O=C(NCC(O)c1ccccc1)Nc1ccc(F)cc1F. The molecule has 2 aromatic carbocycles. The average molecular weight is 292 g/mol. The largest absolute Gasteiger partial charge is 0.387 e. The van der Waals surface area contributed by atoms with E-state index >= 15 is 0 Å². The third kappa shape index (κ3) is 4.25. The zero-order valence-electron chi connectivity index (χ0n) is 11.0. The third-order valence-corrected chi connectivity index (χ3v) is 2.82. The summed E-state index contributed by atoms with van der Waals surface area (Å²) in [6.07, 6.45) is -0.866. The standard InChI is InChI=1S/C15H14F2N2O2/c16-11-6-7-13(12(17)8-11)19-15(21)18-9-14(20)10-4-2-1-3-5-10/h1-8,14,20H,9H2,(H2,18,19,21). The van der Waals surface area contributed by atoms with Crippen molar-refractivity contribution >= 4 is 11.7 Å². The lowest BCUT2D eigenvalue weighted by atomic mass is 10.1. The second kappa shape index (κ2) is 6.81. The minimum absolute atomic E-state index is 0.0291. The van der Waals surface area contributed by atoms with Crippen LogP contribution in [0.4, 0.5) is 19.3 Å². The molecule has 0 bridgehead atoms. The number of carbonyl (C=O) groups excluding carboxylic acids is 1. The lowest BCUT2D eigenvalue weighted by molar-refractivity contribution is 0.175. The number of carbonyl (C=O) groups is 1. The number of rotatable bonds is 4. The molecule has 3 N–H and O–H groups in total. The van der Waals surface area contributed by atoms with Crippen LogP contribution in [0.2, 0.25) is 0 Å². The average Bonchev–Trinajstić information content (AvgIpc) is 2.48. The van der Waals surface area contributed by atoms with Crippen molar-refractivity contribution in [2.24, 2.45) is 0 Å². The van der Waals surface area contributed by atoms with Gasteiger partial charge in [0.15, 0.2) is 0 Å². The molecule has 0 aliphatic carbocycles. The van der Waals surface area contributed by atoms with Gasteiger partial charge in [-0.1, -0.05) is 30.3 Å². The number of benzene rings is 2. The molecule has 1 atom stereocenters. The Kier molecular flexibility index (Phi) is 4.84. The fourth-order valence-electron chi connectivity index (χ4n) is 1.74. The van der Waals surface area contributed by atoms with E-state index in [4.69, 9.17) is 0 Å². The van der Waals surface area contributed by atoms with Gasteiger partial charge in [0.05, 0.1) is 11.8 Å². The van der Waals surface area contributed by atoms with Gasteiger partial charge in [-0.15, -0.1) is 0 Å². The van der Waals surface area contributed by atoms with E-state index in [1.54, 1.807) is 24.3 Å². The normalized spacial score (nSPS) is 11.8. The van der Waals surface area contributed by atoms with Crippen LogP contribution >= 0.6 is 0 Å². The Morgan fingerprint density at radius 2 is 1.86 bits per heavy atom. The van der Waals surface area contributed by atoms with Crippen LogP contribution in [-0.2, 0) is 0 Å². The van der Waals surface area contributed by atoms with Gasteiger partial charge in [-0.2, -0.15) is 0 Å². The van der Waals surface area contributed by atoms with Gasteiger partial charge in [0.1, 0.15) is 11.6 Å². The minimum Gasteiger partial charge on any atom is -0.387 e. The zero-order chi connectivity index (χ0) is 15.2. The molecular formula is C15H14F2N2O2. The van der Waals surface area contributed by atoms with Crippen molar-refractivity contribution in [1.29, 1.82) is 0 Å². The number of aliphatic hydroxyl groups excluding tert-OH is 1. The van der Waals surface area contributed by atoms with E-state index in [0.29, 0.717) is 11.6 Å². The van der Waals surface area contributed by atoms with Gasteiger partial charge in [-0.05, 0) is 17.7 Å². The Morgan fingerprint density at radius 1 is 1.14 bits per heavy atom. The Balaban J connectivity index is 1.87. The first-order valence-electron chi connectivity index (χ1n) is 6.29. The maximum absolute atomic E-state index is 13.3. The van der Waals surface area contributed by atoms with Gasteiger partial charge in [-0.25, -0.2) is 13.6 Å². The highest BCUT2D eigenvalue weighted by atomic mass is 19.1. The molecule has 0 saturated carbocycles. The van der Waals surface area contributed by atoms with E-state index in [9.17, 15) is 18.7 Å². The van der Waals surface area contributed by atoms with Crippen LogP contribution in [-0.4, -0.2) is 17.7 Å². The van der Waals surface area contributed by atoms with Gasteiger partial charge >= 0.3 is 6.03 Å². The molecule has 0 aromatic heterocycles. The highest BCUT2D eigenvalue weighted by molar-refractivity contribution is 5.89. The number of halogens is 2. The topological polar surface area (TPSA) is 61.4 Å². The predicted molar refractivity (Wildman–Crippen MR) is 74.8 cm³/mol. The van der Waals surface area contributed by atoms with Crippen molar-refractivity contribution in [3.05, 3.63) is 65.7 Å². The Bertz CT molecular complexity index is 620. The van der Waals surface area contributed by atoms with Gasteiger partial charge in [-0.3, -0.25) is 0 Å². The maximum Gasteiger partial charge on any atom is 0.319 e. The molecule has 0 radical (unpaired) electrons. The summed E-state index contributed by atoms with van der Waals surface area (Å²) in [4.78, 5) is 11.6. The van der Waals surface area contributed by atoms with Crippen LogP contribution in [0.3, 0.4) is 0 Å². The van der Waals surface area contributed by atoms with Crippen molar-refractivity contribution in [2.45, 2.75) is 6.10 Å². The molecule has 21 heavy (non-hydrogen) atoms. The molecule has 6 heteroatoms. The quantitative estimate of drug-likeness (QED) is 0.811. The Hall–Kier alpha value is -2.47. The number of amides is 2. The Labute approximate surface area is 120 Å².